The van der Waals surface area contributed by atoms with E-state index in [-0.39, 0.29) is 6.10 Å². The van der Waals surface area contributed by atoms with E-state index in [2.05, 4.69) is 22.6 Å². The van der Waals surface area contributed by atoms with Crippen molar-refractivity contribution in [3.8, 4) is 0 Å². The number of sulfonamides is 1. The molecule has 21 heavy (non-hydrogen) atoms. The number of fused-ring (bicyclic) bond motifs is 1. The van der Waals surface area contributed by atoms with Crippen LogP contribution in [0.4, 0.5) is 0 Å². The molecule has 1 aromatic carbocycles. The highest BCUT2D eigenvalue weighted by molar-refractivity contribution is 14.1. The van der Waals surface area contributed by atoms with Gasteiger partial charge in [0.1, 0.15) is 11.7 Å². The minimum atomic E-state index is -3.51. The number of rotatable bonds is 3. The van der Waals surface area contributed by atoms with Gasteiger partial charge in [0, 0.05) is 0 Å². The van der Waals surface area contributed by atoms with E-state index < -0.39 is 21.2 Å². The summed E-state index contributed by atoms with van der Waals surface area (Å²) in [4.78, 5) is 0.344. The summed E-state index contributed by atoms with van der Waals surface area (Å²) in [5.41, 5.74) is 0.0626. The lowest BCUT2D eigenvalue weighted by atomic mass is 9.97. The minimum Gasteiger partial charge on any atom is -0.358 e. The van der Waals surface area contributed by atoms with Gasteiger partial charge in [-0.3, -0.25) is 0 Å². The van der Waals surface area contributed by atoms with Gasteiger partial charge in [0.25, 0.3) is 0 Å². The maximum atomic E-state index is 12.9. The van der Waals surface area contributed by atoms with Gasteiger partial charge >= 0.3 is 0 Å². The molecule has 0 aromatic heterocycles. The molecule has 2 fully saturated rings. The van der Waals surface area contributed by atoms with Crippen LogP contribution in [0.5, 0.6) is 0 Å². The second-order valence-corrected chi connectivity index (χ2v) is 8.81. The maximum Gasteiger partial charge on any atom is 0.243 e. The number of halogens is 1. The van der Waals surface area contributed by atoms with Gasteiger partial charge in [0.2, 0.25) is 10.0 Å². The molecule has 2 heterocycles. The molecular formula is C15H18INO3S. The fraction of sp³-hybridized carbons (Fsp3) is 0.467. The van der Waals surface area contributed by atoms with E-state index in [0.29, 0.717) is 11.4 Å². The Morgan fingerprint density at radius 2 is 1.95 bits per heavy atom. The third-order valence-corrected chi connectivity index (χ3v) is 6.76. The maximum absolute atomic E-state index is 12.9. The summed E-state index contributed by atoms with van der Waals surface area (Å²) in [5, 5.41) is 0. The average molecular weight is 419 g/mol. The summed E-state index contributed by atoms with van der Waals surface area (Å²) in [6, 6.07) is 7.00. The third kappa shape index (κ3) is 2.27. The SMILES string of the molecule is Cc1ccc(S(=O)(=O)N2C[C@@]3(/C=C\I)O[C@H]3C2(C)C)cc1. The van der Waals surface area contributed by atoms with Gasteiger partial charge in [-0.05, 0) is 43.1 Å². The molecule has 0 amide bonds. The van der Waals surface area contributed by atoms with Crippen LogP contribution in [0.2, 0.25) is 0 Å². The Labute approximate surface area is 139 Å². The highest BCUT2D eigenvalue weighted by Gasteiger charge is 2.72. The fourth-order valence-corrected chi connectivity index (χ4v) is 5.56. The van der Waals surface area contributed by atoms with Crippen LogP contribution in [0.25, 0.3) is 0 Å². The van der Waals surface area contributed by atoms with Crippen LogP contribution in [-0.2, 0) is 14.8 Å². The number of hydrogen-bond donors (Lipinski definition) is 0. The summed E-state index contributed by atoms with van der Waals surface area (Å²) >= 11 is 2.14. The molecule has 0 unspecified atom stereocenters. The lowest BCUT2D eigenvalue weighted by molar-refractivity contribution is 0.141. The largest absolute Gasteiger partial charge is 0.358 e. The van der Waals surface area contributed by atoms with Gasteiger partial charge in [-0.2, -0.15) is 4.31 Å². The Hall–Kier alpha value is -0.440. The van der Waals surface area contributed by atoms with E-state index in [1.807, 2.05) is 43.1 Å². The zero-order chi connectivity index (χ0) is 15.5. The predicted octanol–water partition coefficient (Wildman–Crippen LogP) is 2.86. The minimum absolute atomic E-state index is 0.0729. The van der Waals surface area contributed by atoms with E-state index in [1.165, 1.54) is 0 Å². The Bertz CT molecular complexity index is 696. The number of nitrogens with zero attached hydrogens (tertiary/aromatic N) is 1. The molecular weight excluding hydrogens is 401 g/mol. The molecule has 1 aromatic rings. The molecule has 0 N–H and O–H groups in total. The lowest BCUT2D eigenvalue weighted by Crippen LogP contribution is -2.47. The molecule has 2 aliphatic rings. The summed E-state index contributed by atoms with van der Waals surface area (Å²) in [6.07, 6.45) is 1.89. The smallest absolute Gasteiger partial charge is 0.243 e. The quantitative estimate of drug-likeness (QED) is 0.560. The standard InChI is InChI=1S/C15H18INO3S/c1-11-4-6-12(7-5-11)21(18,19)17-10-15(8-9-16)13(20-15)14(17,2)3/h4-9,13H,10H2,1-3H3/b9-8-/t13-,15+/m0/s1. The molecule has 0 bridgehead atoms. The molecule has 0 radical (unpaired) electrons. The first-order valence-electron chi connectivity index (χ1n) is 6.79. The molecule has 0 saturated carbocycles. The van der Waals surface area contributed by atoms with Gasteiger partial charge in [-0.1, -0.05) is 40.3 Å². The monoisotopic (exact) mass is 419 g/mol. The normalized spacial score (nSPS) is 31.5. The Kier molecular flexibility index (Phi) is 3.52. The zero-order valence-electron chi connectivity index (χ0n) is 12.2. The number of ether oxygens (including phenoxy) is 1. The van der Waals surface area contributed by atoms with E-state index >= 15 is 0 Å². The van der Waals surface area contributed by atoms with Crippen molar-refractivity contribution in [2.45, 2.75) is 42.9 Å². The number of hydrogen-bond acceptors (Lipinski definition) is 3. The van der Waals surface area contributed by atoms with E-state index in [9.17, 15) is 8.42 Å². The van der Waals surface area contributed by atoms with Crippen LogP contribution in [-0.4, -0.2) is 36.5 Å². The van der Waals surface area contributed by atoms with E-state index in [4.69, 9.17) is 4.74 Å². The topological polar surface area (TPSA) is 49.9 Å². The highest BCUT2D eigenvalue weighted by atomic mass is 127. The van der Waals surface area contributed by atoms with E-state index in [0.717, 1.165) is 5.56 Å². The Balaban J connectivity index is 1.99. The lowest BCUT2D eigenvalue weighted by Gasteiger charge is -2.32. The molecule has 114 valence electrons. The molecule has 2 atom stereocenters. The second kappa shape index (κ2) is 4.78. The molecule has 2 saturated heterocycles. The van der Waals surface area contributed by atoms with Crippen LogP contribution in [0.1, 0.15) is 19.4 Å². The van der Waals surface area contributed by atoms with Gasteiger partial charge in [-0.15, -0.1) is 0 Å². The van der Waals surface area contributed by atoms with Crippen molar-refractivity contribution in [3.05, 3.63) is 40.0 Å². The first kappa shape index (κ1) is 15.5. The van der Waals surface area contributed by atoms with Crippen molar-refractivity contribution in [1.29, 1.82) is 0 Å². The van der Waals surface area contributed by atoms with Gasteiger partial charge in [0.15, 0.2) is 0 Å². The summed E-state index contributed by atoms with van der Waals surface area (Å²) < 4.78 is 35.1. The van der Waals surface area contributed by atoms with Crippen LogP contribution in [0, 0.1) is 6.92 Å². The number of epoxide rings is 1. The van der Waals surface area contributed by atoms with Crippen molar-refractivity contribution in [1.82, 2.24) is 4.31 Å². The van der Waals surface area contributed by atoms with Crippen molar-refractivity contribution in [2.75, 3.05) is 6.54 Å². The first-order chi connectivity index (χ1) is 9.74. The van der Waals surface area contributed by atoms with Crippen LogP contribution >= 0.6 is 22.6 Å². The van der Waals surface area contributed by atoms with Gasteiger partial charge in [-0.25, -0.2) is 8.42 Å². The number of aryl methyl sites for hydroxylation is 1. The van der Waals surface area contributed by atoms with Crippen LogP contribution in [0.3, 0.4) is 0 Å². The summed E-state index contributed by atoms with van der Waals surface area (Å²) in [5.74, 6) is 0. The third-order valence-electron chi connectivity index (χ3n) is 4.35. The molecule has 0 aliphatic carbocycles. The van der Waals surface area contributed by atoms with Crippen LogP contribution in [0.15, 0.2) is 39.3 Å². The first-order valence-corrected chi connectivity index (χ1v) is 9.48. The molecule has 4 nitrogen and oxygen atoms in total. The molecule has 6 heteroatoms. The van der Waals surface area contributed by atoms with Crippen LogP contribution < -0.4 is 0 Å². The van der Waals surface area contributed by atoms with Crippen molar-refractivity contribution >= 4 is 32.6 Å². The second-order valence-electron chi connectivity index (χ2n) is 6.22. The zero-order valence-corrected chi connectivity index (χ0v) is 15.2. The fourth-order valence-electron chi connectivity index (χ4n) is 3.12. The summed E-state index contributed by atoms with van der Waals surface area (Å²) in [7, 11) is -3.51. The highest BCUT2D eigenvalue weighted by Crippen LogP contribution is 2.55. The van der Waals surface area contributed by atoms with Crippen molar-refractivity contribution in [2.24, 2.45) is 0 Å². The molecule has 0 spiro atoms. The van der Waals surface area contributed by atoms with Gasteiger partial charge in [0.05, 0.1) is 17.0 Å². The summed E-state index contributed by atoms with van der Waals surface area (Å²) in [6.45, 7) is 6.18. The Morgan fingerprint density at radius 1 is 1.33 bits per heavy atom. The van der Waals surface area contributed by atoms with Crippen molar-refractivity contribution in [3.63, 3.8) is 0 Å². The number of morpholine rings is 1. The van der Waals surface area contributed by atoms with Crippen molar-refractivity contribution < 1.29 is 13.2 Å². The van der Waals surface area contributed by atoms with Gasteiger partial charge < -0.3 is 4.74 Å². The predicted molar refractivity (Wildman–Crippen MR) is 89.9 cm³/mol. The molecule has 2 aliphatic heterocycles. The average Bonchev–Trinajstić information content (AvgIpc) is 3.07. The Morgan fingerprint density at radius 3 is 2.52 bits per heavy atom. The number of benzene rings is 1. The van der Waals surface area contributed by atoms with E-state index in [1.54, 1.807) is 16.4 Å². The molecule has 3 rings (SSSR count).